The fourth-order valence-corrected chi connectivity index (χ4v) is 3.63. The van der Waals surface area contributed by atoms with Gasteiger partial charge in [-0.25, -0.2) is 0 Å². The van der Waals surface area contributed by atoms with Crippen LogP contribution < -0.4 is 10.1 Å². The molecule has 156 valence electrons. The highest BCUT2D eigenvalue weighted by Gasteiger charge is 2.21. The number of aliphatic hydroxyl groups excluding tert-OH is 1. The molecular weight excluding hydrogens is 376 g/mol. The topological polar surface area (TPSA) is 63.5 Å². The van der Waals surface area contributed by atoms with Gasteiger partial charge in [0.15, 0.2) is 0 Å². The van der Waals surface area contributed by atoms with Crippen LogP contribution in [0.15, 0.2) is 48.7 Å². The number of hydrogen-bond donors (Lipinski definition) is 2. The lowest BCUT2D eigenvalue weighted by atomic mass is 10.0. The van der Waals surface area contributed by atoms with Crippen molar-refractivity contribution in [3.05, 3.63) is 65.4 Å². The smallest absolute Gasteiger partial charge is 0.255 e. The van der Waals surface area contributed by atoms with Gasteiger partial charge < -0.3 is 19.7 Å². The number of hydrogen-bond acceptors (Lipinski definition) is 3. The van der Waals surface area contributed by atoms with Crippen molar-refractivity contribution in [1.29, 1.82) is 0 Å². The maximum Gasteiger partial charge on any atom is 0.255 e. The maximum absolute atomic E-state index is 13.0. The molecule has 3 rings (SSSR count). The number of aliphatic hydroxyl groups is 1. The summed E-state index contributed by atoms with van der Waals surface area (Å²) in [6.07, 6.45) is 8.07. The average molecular weight is 405 g/mol. The van der Waals surface area contributed by atoms with E-state index in [9.17, 15) is 9.90 Å². The van der Waals surface area contributed by atoms with Crippen molar-refractivity contribution < 1.29 is 14.6 Å². The fraction of sp³-hybridized carbons (Fsp3) is 0.320. The van der Waals surface area contributed by atoms with E-state index in [0.29, 0.717) is 23.3 Å². The number of nitrogens with one attached hydrogen (secondary N) is 1. The van der Waals surface area contributed by atoms with Crippen molar-refractivity contribution in [1.82, 2.24) is 9.88 Å². The van der Waals surface area contributed by atoms with Crippen LogP contribution >= 0.6 is 0 Å². The van der Waals surface area contributed by atoms with E-state index < -0.39 is 6.04 Å². The Morgan fingerprint density at radius 1 is 1.23 bits per heavy atom. The van der Waals surface area contributed by atoms with Gasteiger partial charge in [0.05, 0.1) is 29.9 Å². The summed E-state index contributed by atoms with van der Waals surface area (Å²) in [5.74, 6) is 2.65. The molecule has 1 heterocycles. The number of carbonyl (C=O) groups is 1. The third-order valence-corrected chi connectivity index (χ3v) is 5.00. The lowest BCUT2D eigenvalue weighted by Crippen LogP contribution is -2.39. The monoisotopic (exact) mass is 404 g/mol. The standard InChI is InChI=1S/C25H28N2O3/c1-5-18-10-9-12-22(24(18)30-17(3)4)25(29)26-20(16-28)14-19-15-27(6-2)23-13-8-7-11-21(19)23/h1,7-13,15,17,20,28H,6,14,16H2,2-4H3,(H,26,29)/t20-/m1/s1. The Balaban J connectivity index is 1.85. The number of ether oxygens (including phenoxy) is 1. The van der Waals surface area contributed by atoms with E-state index in [1.807, 2.05) is 26.0 Å². The lowest BCUT2D eigenvalue weighted by molar-refractivity contribution is 0.0910. The number of carbonyl (C=O) groups excluding carboxylic acids is 1. The van der Waals surface area contributed by atoms with Crippen molar-refractivity contribution in [2.75, 3.05) is 6.61 Å². The van der Waals surface area contributed by atoms with Crippen molar-refractivity contribution in [2.45, 2.75) is 45.9 Å². The quantitative estimate of drug-likeness (QED) is 0.562. The number of benzene rings is 2. The van der Waals surface area contributed by atoms with E-state index in [-0.39, 0.29) is 18.6 Å². The van der Waals surface area contributed by atoms with Gasteiger partial charge in [-0.15, -0.1) is 6.42 Å². The summed E-state index contributed by atoms with van der Waals surface area (Å²) in [6.45, 7) is 6.54. The summed E-state index contributed by atoms with van der Waals surface area (Å²) in [5, 5.41) is 14.0. The van der Waals surface area contributed by atoms with Gasteiger partial charge in [-0.2, -0.15) is 0 Å². The minimum Gasteiger partial charge on any atom is -0.489 e. The van der Waals surface area contributed by atoms with E-state index in [2.05, 4.69) is 41.1 Å². The molecular formula is C25H28N2O3. The molecule has 3 aromatic rings. The molecule has 5 heteroatoms. The zero-order chi connectivity index (χ0) is 21.7. The molecule has 0 saturated heterocycles. The third kappa shape index (κ3) is 4.50. The Labute approximate surface area is 177 Å². The molecule has 0 fully saturated rings. The largest absolute Gasteiger partial charge is 0.489 e. The molecule has 2 N–H and O–H groups in total. The second kappa shape index (κ2) is 9.51. The summed E-state index contributed by atoms with van der Waals surface area (Å²) in [5.41, 5.74) is 3.13. The van der Waals surface area contributed by atoms with Crippen LogP contribution in [0.2, 0.25) is 0 Å². The fourth-order valence-electron chi connectivity index (χ4n) is 3.63. The van der Waals surface area contributed by atoms with Gasteiger partial charge in [-0.1, -0.05) is 30.2 Å². The van der Waals surface area contributed by atoms with Crippen LogP contribution in [-0.2, 0) is 13.0 Å². The highest BCUT2D eigenvalue weighted by Crippen LogP contribution is 2.26. The van der Waals surface area contributed by atoms with Crippen LogP contribution in [0.4, 0.5) is 0 Å². The normalized spacial score (nSPS) is 12.0. The van der Waals surface area contributed by atoms with Crippen molar-refractivity contribution in [2.24, 2.45) is 0 Å². The average Bonchev–Trinajstić information content (AvgIpc) is 3.10. The molecule has 0 spiro atoms. The zero-order valence-electron chi connectivity index (χ0n) is 17.7. The number of nitrogens with zero attached hydrogens (tertiary/aromatic N) is 1. The van der Waals surface area contributed by atoms with Crippen LogP contribution in [-0.4, -0.2) is 34.3 Å². The Morgan fingerprint density at radius 3 is 2.67 bits per heavy atom. The van der Waals surface area contributed by atoms with Crippen molar-refractivity contribution in [3.63, 3.8) is 0 Å². The molecule has 0 aliphatic heterocycles. The van der Waals surface area contributed by atoms with Crippen LogP contribution in [0.5, 0.6) is 5.75 Å². The van der Waals surface area contributed by atoms with E-state index in [0.717, 1.165) is 23.0 Å². The van der Waals surface area contributed by atoms with E-state index >= 15 is 0 Å². The molecule has 1 aromatic heterocycles. The van der Waals surface area contributed by atoms with E-state index in [4.69, 9.17) is 11.2 Å². The van der Waals surface area contributed by atoms with Gasteiger partial charge in [-0.3, -0.25) is 4.79 Å². The molecule has 0 radical (unpaired) electrons. The molecule has 1 atom stereocenters. The van der Waals surface area contributed by atoms with Gasteiger partial charge in [0.25, 0.3) is 5.91 Å². The Morgan fingerprint density at radius 2 is 2.00 bits per heavy atom. The Hall–Kier alpha value is -3.23. The van der Waals surface area contributed by atoms with Gasteiger partial charge in [-0.05, 0) is 51.0 Å². The first-order valence-electron chi connectivity index (χ1n) is 10.2. The number of amides is 1. The summed E-state index contributed by atoms with van der Waals surface area (Å²) >= 11 is 0. The Kier molecular flexibility index (Phi) is 6.81. The second-order valence-corrected chi connectivity index (χ2v) is 7.51. The van der Waals surface area contributed by atoms with Gasteiger partial charge in [0.2, 0.25) is 0 Å². The van der Waals surface area contributed by atoms with Crippen LogP contribution in [0.1, 0.15) is 42.3 Å². The molecule has 0 bridgehead atoms. The van der Waals surface area contributed by atoms with E-state index in [1.165, 1.54) is 0 Å². The van der Waals surface area contributed by atoms with Crippen LogP contribution in [0.3, 0.4) is 0 Å². The first-order chi connectivity index (χ1) is 14.5. The number of para-hydroxylation sites is 2. The van der Waals surface area contributed by atoms with Gasteiger partial charge in [0, 0.05) is 23.6 Å². The third-order valence-electron chi connectivity index (χ3n) is 5.00. The molecule has 0 unspecified atom stereocenters. The lowest BCUT2D eigenvalue weighted by Gasteiger charge is -2.19. The number of terminal acetylenes is 1. The molecule has 0 aliphatic carbocycles. The molecule has 5 nitrogen and oxygen atoms in total. The number of aryl methyl sites for hydroxylation is 1. The van der Waals surface area contributed by atoms with Gasteiger partial charge >= 0.3 is 0 Å². The van der Waals surface area contributed by atoms with Crippen LogP contribution in [0, 0.1) is 12.3 Å². The summed E-state index contributed by atoms with van der Waals surface area (Å²) in [7, 11) is 0. The van der Waals surface area contributed by atoms with Gasteiger partial charge in [0.1, 0.15) is 5.75 Å². The molecule has 1 amide bonds. The predicted octanol–water partition coefficient (Wildman–Crippen LogP) is 3.76. The zero-order valence-corrected chi connectivity index (χ0v) is 17.7. The first kappa shape index (κ1) is 21.5. The predicted molar refractivity (Wildman–Crippen MR) is 120 cm³/mol. The molecule has 2 aromatic carbocycles. The number of rotatable bonds is 8. The molecule has 0 aliphatic rings. The Bertz CT molecular complexity index is 1080. The molecule has 30 heavy (non-hydrogen) atoms. The number of fused-ring (bicyclic) bond motifs is 1. The van der Waals surface area contributed by atoms with Crippen molar-refractivity contribution >= 4 is 16.8 Å². The van der Waals surface area contributed by atoms with Crippen LogP contribution in [0.25, 0.3) is 10.9 Å². The van der Waals surface area contributed by atoms with E-state index in [1.54, 1.807) is 18.2 Å². The minimum absolute atomic E-state index is 0.125. The van der Waals surface area contributed by atoms with Crippen molar-refractivity contribution in [3.8, 4) is 18.1 Å². The SMILES string of the molecule is C#Cc1cccc(C(=O)N[C@@H](CO)Cc2cn(CC)c3ccccc23)c1OC(C)C. The molecule has 0 saturated carbocycles. The summed E-state index contributed by atoms with van der Waals surface area (Å²) < 4.78 is 8.00. The highest BCUT2D eigenvalue weighted by atomic mass is 16.5. The second-order valence-electron chi connectivity index (χ2n) is 7.51. The highest BCUT2D eigenvalue weighted by molar-refractivity contribution is 5.98. The summed E-state index contributed by atoms with van der Waals surface area (Å²) in [4.78, 5) is 13.0. The minimum atomic E-state index is -0.435. The summed E-state index contributed by atoms with van der Waals surface area (Å²) in [6, 6.07) is 12.9. The number of aromatic nitrogens is 1. The maximum atomic E-state index is 13.0. The first-order valence-corrected chi connectivity index (χ1v) is 10.2.